The Bertz CT molecular complexity index is 1030. The molecule has 28 heavy (non-hydrogen) atoms. The Morgan fingerprint density at radius 1 is 0.964 bits per heavy atom. The lowest BCUT2D eigenvalue weighted by molar-refractivity contribution is -0.142. The topological polar surface area (TPSA) is 95.0 Å². The van der Waals surface area contributed by atoms with Crippen LogP contribution in [0.5, 0.6) is 17.2 Å². The molecule has 0 aliphatic rings. The number of pyridine rings is 1. The summed E-state index contributed by atoms with van der Waals surface area (Å²) in [6.07, 6.45) is 0. The van der Waals surface area contributed by atoms with Crippen molar-refractivity contribution in [2.75, 3.05) is 14.2 Å². The summed E-state index contributed by atoms with van der Waals surface area (Å²) in [4.78, 5) is 28.3. The van der Waals surface area contributed by atoms with Crippen LogP contribution in [-0.2, 0) is 14.3 Å². The molecular weight excluding hydrogens is 362 g/mol. The number of carbonyl (C=O) groups is 2. The molecule has 0 fully saturated rings. The summed E-state index contributed by atoms with van der Waals surface area (Å²) in [5.74, 6) is -1.30. The number of hydrogen-bond donors (Lipinski definition) is 1. The van der Waals surface area contributed by atoms with Gasteiger partial charge in [0, 0.05) is 10.8 Å². The summed E-state index contributed by atoms with van der Waals surface area (Å²) in [6.45, 7) is 1.61. The number of ether oxygens (including phenoxy) is 3. The molecule has 1 N–H and O–H groups in total. The van der Waals surface area contributed by atoms with E-state index >= 15 is 0 Å². The summed E-state index contributed by atoms with van der Waals surface area (Å²) in [5, 5.41) is 11.3. The number of aromatic nitrogens is 1. The van der Waals surface area contributed by atoms with Gasteiger partial charge in [0.25, 0.3) is 0 Å². The van der Waals surface area contributed by atoms with E-state index in [0.29, 0.717) is 22.3 Å². The van der Waals surface area contributed by atoms with Gasteiger partial charge in [0.2, 0.25) is 0 Å². The van der Waals surface area contributed by atoms with E-state index in [1.54, 1.807) is 37.3 Å². The molecule has 1 atom stereocenters. The van der Waals surface area contributed by atoms with E-state index in [0.717, 1.165) is 0 Å². The van der Waals surface area contributed by atoms with Gasteiger partial charge in [-0.3, -0.25) is 4.79 Å². The van der Waals surface area contributed by atoms with Crippen LogP contribution in [0.15, 0.2) is 48.5 Å². The van der Waals surface area contributed by atoms with Gasteiger partial charge in [-0.25, -0.2) is 9.78 Å². The fourth-order valence-electron chi connectivity index (χ4n) is 2.85. The Morgan fingerprint density at radius 3 is 2.32 bits per heavy atom. The summed E-state index contributed by atoms with van der Waals surface area (Å²) >= 11 is 0. The molecule has 3 aromatic rings. The average Bonchev–Trinajstić information content (AvgIpc) is 2.73. The van der Waals surface area contributed by atoms with E-state index in [4.69, 9.17) is 9.47 Å². The van der Waals surface area contributed by atoms with Gasteiger partial charge in [-0.1, -0.05) is 18.2 Å². The predicted molar refractivity (Wildman–Crippen MR) is 102 cm³/mol. The molecule has 1 unspecified atom stereocenters. The van der Waals surface area contributed by atoms with Crippen LogP contribution in [-0.4, -0.2) is 36.2 Å². The number of esters is 2. The largest absolute Gasteiger partial charge is 0.505 e. The fourth-order valence-corrected chi connectivity index (χ4v) is 2.85. The van der Waals surface area contributed by atoms with E-state index in [9.17, 15) is 14.7 Å². The van der Waals surface area contributed by atoms with Gasteiger partial charge < -0.3 is 19.3 Å². The summed E-state index contributed by atoms with van der Waals surface area (Å²) in [5.41, 5.74) is 0.0102. The maximum absolute atomic E-state index is 12.1. The van der Waals surface area contributed by atoms with Crippen molar-refractivity contribution >= 4 is 22.7 Å². The van der Waals surface area contributed by atoms with Crippen molar-refractivity contribution in [2.45, 2.75) is 12.8 Å². The Hall–Kier alpha value is -3.61. The molecule has 144 valence electrons. The molecule has 0 spiro atoms. The molecule has 0 bridgehead atoms. The number of aromatic hydroxyl groups is 1. The maximum Gasteiger partial charge on any atom is 0.360 e. The highest BCUT2D eigenvalue weighted by molar-refractivity contribution is 6.01. The SMILES string of the molecule is COC(=O)c1nc(C(C)C(=O)OC)c2cc(Oc3ccccc3)ccc2c1O. The van der Waals surface area contributed by atoms with Crippen molar-refractivity contribution in [3.05, 3.63) is 59.9 Å². The lowest BCUT2D eigenvalue weighted by Crippen LogP contribution is -2.15. The summed E-state index contributed by atoms with van der Waals surface area (Å²) < 4.78 is 15.3. The van der Waals surface area contributed by atoms with Gasteiger partial charge in [-0.2, -0.15) is 0 Å². The molecule has 0 radical (unpaired) electrons. The number of hydrogen-bond acceptors (Lipinski definition) is 7. The third-order valence-corrected chi connectivity index (χ3v) is 4.30. The molecule has 7 heteroatoms. The molecule has 0 aliphatic carbocycles. The standard InChI is InChI=1S/C21H19NO6/c1-12(20(24)26-2)17-16-11-14(28-13-7-5-4-6-8-13)9-10-15(16)19(23)18(22-17)21(25)27-3/h4-12,23H,1-3H3. The van der Waals surface area contributed by atoms with Crippen LogP contribution in [0, 0.1) is 0 Å². The Morgan fingerprint density at radius 2 is 1.68 bits per heavy atom. The first-order valence-electron chi connectivity index (χ1n) is 8.52. The van der Waals surface area contributed by atoms with Crippen LogP contribution in [0.25, 0.3) is 10.8 Å². The van der Waals surface area contributed by atoms with Crippen molar-refractivity contribution in [1.29, 1.82) is 0 Å². The van der Waals surface area contributed by atoms with E-state index in [1.165, 1.54) is 14.2 Å². The molecule has 0 saturated carbocycles. The van der Waals surface area contributed by atoms with E-state index < -0.39 is 17.9 Å². The van der Waals surface area contributed by atoms with E-state index in [-0.39, 0.29) is 17.1 Å². The van der Waals surface area contributed by atoms with Crippen molar-refractivity contribution in [1.82, 2.24) is 4.98 Å². The third-order valence-electron chi connectivity index (χ3n) is 4.30. The van der Waals surface area contributed by atoms with Crippen LogP contribution >= 0.6 is 0 Å². The van der Waals surface area contributed by atoms with E-state index in [1.807, 2.05) is 18.2 Å². The molecule has 7 nitrogen and oxygen atoms in total. The first-order valence-corrected chi connectivity index (χ1v) is 8.52. The monoisotopic (exact) mass is 381 g/mol. The molecular formula is C21H19NO6. The van der Waals surface area contributed by atoms with Gasteiger partial charge in [0.05, 0.1) is 25.8 Å². The van der Waals surface area contributed by atoms with Crippen molar-refractivity contribution < 1.29 is 28.9 Å². The average molecular weight is 381 g/mol. The minimum atomic E-state index is -0.803. The quantitative estimate of drug-likeness (QED) is 0.672. The highest BCUT2D eigenvalue weighted by Gasteiger charge is 2.26. The number of benzene rings is 2. The smallest absolute Gasteiger partial charge is 0.360 e. The number of rotatable bonds is 5. The van der Waals surface area contributed by atoms with Gasteiger partial charge in [-0.05, 0) is 37.3 Å². The van der Waals surface area contributed by atoms with Crippen molar-refractivity contribution in [3.63, 3.8) is 0 Å². The van der Waals surface area contributed by atoms with Gasteiger partial charge in [0.15, 0.2) is 11.4 Å². The highest BCUT2D eigenvalue weighted by atomic mass is 16.5. The number of carbonyl (C=O) groups excluding carboxylic acids is 2. The third kappa shape index (κ3) is 3.59. The summed E-state index contributed by atoms with van der Waals surface area (Å²) in [6, 6.07) is 14.1. The van der Waals surface area contributed by atoms with Gasteiger partial charge in [-0.15, -0.1) is 0 Å². The molecule has 1 aromatic heterocycles. The van der Waals surface area contributed by atoms with Crippen LogP contribution in [0.3, 0.4) is 0 Å². The second-order valence-corrected chi connectivity index (χ2v) is 6.05. The molecule has 1 heterocycles. The lowest BCUT2D eigenvalue weighted by atomic mass is 9.98. The normalized spacial score (nSPS) is 11.7. The first kappa shape index (κ1) is 19.2. The molecule has 2 aromatic carbocycles. The second kappa shape index (κ2) is 7.96. The van der Waals surface area contributed by atoms with E-state index in [2.05, 4.69) is 9.72 Å². The number of methoxy groups -OCH3 is 2. The predicted octanol–water partition coefficient (Wildman–Crippen LogP) is 3.80. The first-order chi connectivity index (χ1) is 13.5. The number of fused-ring (bicyclic) bond motifs is 1. The molecule has 0 saturated heterocycles. The highest BCUT2D eigenvalue weighted by Crippen LogP contribution is 2.36. The van der Waals surface area contributed by atoms with Crippen molar-refractivity contribution in [3.8, 4) is 17.2 Å². The molecule has 3 rings (SSSR count). The zero-order valence-electron chi connectivity index (χ0n) is 15.6. The fraction of sp³-hybridized carbons (Fsp3) is 0.190. The zero-order valence-corrected chi connectivity index (χ0v) is 15.6. The Balaban J connectivity index is 2.19. The number of para-hydroxylation sites is 1. The van der Waals surface area contributed by atoms with Gasteiger partial charge in [0.1, 0.15) is 11.5 Å². The molecule has 0 amide bonds. The zero-order chi connectivity index (χ0) is 20.3. The van der Waals surface area contributed by atoms with Crippen LogP contribution < -0.4 is 4.74 Å². The lowest BCUT2D eigenvalue weighted by Gasteiger charge is -2.16. The van der Waals surface area contributed by atoms with Crippen molar-refractivity contribution in [2.24, 2.45) is 0 Å². The minimum absolute atomic E-state index is 0.266. The second-order valence-electron chi connectivity index (χ2n) is 6.05. The maximum atomic E-state index is 12.1. The van der Waals surface area contributed by atoms with Crippen LogP contribution in [0.4, 0.5) is 0 Å². The Kier molecular flexibility index (Phi) is 5.44. The van der Waals surface area contributed by atoms with Crippen LogP contribution in [0.2, 0.25) is 0 Å². The number of nitrogens with zero attached hydrogens (tertiary/aromatic N) is 1. The van der Waals surface area contributed by atoms with Gasteiger partial charge >= 0.3 is 11.9 Å². The van der Waals surface area contributed by atoms with Crippen LogP contribution in [0.1, 0.15) is 29.0 Å². The Labute approximate surface area is 161 Å². The minimum Gasteiger partial charge on any atom is -0.505 e. The summed E-state index contributed by atoms with van der Waals surface area (Å²) in [7, 11) is 2.46. The molecule has 0 aliphatic heterocycles.